The van der Waals surface area contributed by atoms with E-state index in [1.807, 2.05) is 0 Å². The number of hydrogen-bond acceptors (Lipinski definition) is 2. The molecule has 0 spiro atoms. The summed E-state index contributed by atoms with van der Waals surface area (Å²) in [5.74, 6) is -1.73. The maximum Gasteiger partial charge on any atom is 0.391 e. The van der Waals surface area contributed by atoms with Crippen molar-refractivity contribution >= 4 is 34.8 Å². The van der Waals surface area contributed by atoms with Crippen LogP contribution in [0, 0.1) is 5.92 Å². The molecule has 0 aliphatic carbocycles. The molecule has 0 atom stereocenters. The summed E-state index contributed by atoms with van der Waals surface area (Å²) in [7, 11) is 0. The van der Waals surface area contributed by atoms with Crippen molar-refractivity contribution in [3.05, 3.63) is 27.7 Å². The number of hydrogen-bond donors (Lipinski definition) is 1. The summed E-state index contributed by atoms with van der Waals surface area (Å²) in [4.78, 5) is 13.6. The predicted octanol–water partition coefficient (Wildman–Crippen LogP) is 3.99. The van der Waals surface area contributed by atoms with Crippen molar-refractivity contribution in [2.24, 2.45) is 5.92 Å². The number of piperidine rings is 1. The van der Waals surface area contributed by atoms with E-state index in [1.54, 1.807) is 0 Å². The van der Waals surface area contributed by atoms with E-state index in [0.29, 0.717) is 0 Å². The number of anilines is 1. The number of nitrogens with zero attached hydrogens (tertiary/aromatic N) is 1. The minimum atomic E-state index is -4.21. The third kappa shape index (κ3) is 3.55. The van der Waals surface area contributed by atoms with Gasteiger partial charge in [-0.2, -0.15) is 13.2 Å². The first-order valence-corrected chi connectivity index (χ1v) is 7.06. The second kappa shape index (κ2) is 5.93. The summed E-state index contributed by atoms with van der Waals surface area (Å²) in [6.07, 6.45) is -4.39. The second-order valence-electron chi connectivity index (χ2n) is 4.97. The average molecular weight is 341 g/mol. The maximum atomic E-state index is 12.6. The summed E-state index contributed by atoms with van der Waals surface area (Å²) >= 11 is 11.7. The molecule has 1 aromatic carbocycles. The van der Waals surface area contributed by atoms with Crippen LogP contribution in [0.2, 0.25) is 10.0 Å². The van der Waals surface area contributed by atoms with Gasteiger partial charge < -0.3 is 10.6 Å². The van der Waals surface area contributed by atoms with Gasteiger partial charge in [-0.3, -0.25) is 4.79 Å². The zero-order valence-electron chi connectivity index (χ0n) is 10.9. The van der Waals surface area contributed by atoms with Gasteiger partial charge in [-0.25, -0.2) is 0 Å². The van der Waals surface area contributed by atoms with E-state index >= 15 is 0 Å². The summed E-state index contributed by atoms with van der Waals surface area (Å²) in [5, 5.41) is 0.300. The molecule has 0 radical (unpaired) electrons. The van der Waals surface area contributed by atoms with Crippen LogP contribution in [0.1, 0.15) is 23.2 Å². The van der Waals surface area contributed by atoms with Gasteiger partial charge in [-0.15, -0.1) is 0 Å². The smallest absolute Gasteiger partial charge is 0.391 e. The third-order valence-corrected chi connectivity index (χ3v) is 4.37. The Balaban J connectivity index is 2.09. The minimum absolute atomic E-state index is 0.0587. The molecular formula is C13H13Cl2F3N2O. The Kier molecular flexibility index (Phi) is 4.58. The lowest BCUT2D eigenvalue weighted by atomic mass is 9.96. The standard InChI is InChI=1S/C13H13Cl2F3N2O/c14-9-5-7(6-10(19)11(9)15)12(21)20-3-1-8(2-4-20)13(16,17)18/h5-6,8H,1-4,19H2. The molecule has 1 aliphatic heterocycles. The van der Waals surface area contributed by atoms with Gasteiger partial charge >= 0.3 is 6.18 Å². The molecule has 1 aliphatic rings. The predicted molar refractivity (Wildman–Crippen MR) is 75.6 cm³/mol. The molecule has 1 aromatic rings. The fraction of sp³-hybridized carbons (Fsp3) is 0.462. The molecule has 0 bridgehead atoms. The average Bonchev–Trinajstić information content (AvgIpc) is 2.42. The number of likely N-dealkylation sites (tertiary alicyclic amines) is 1. The fourth-order valence-electron chi connectivity index (χ4n) is 2.33. The molecule has 8 heteroatoms. The minimum Gasteiger partial charge on any atom is -0.397 e. The van der Waals surface area contributed by atoms with Gasteiger partial charge in [0.1, 0.15) is 0 Å². The number of carbonyl (C=O) groups excluding carboxylic acids is 1. The van der Waals surface area contributed by atoms with Crippen molar-refractivity contribution in [3.8, 4) is 0 Å². The highest BCUT2D eigenvalue weighted by Crippen LogP contribution is 2.35. The molecule has 1 fully saturated rings. The highest BCUT2D eigenvalue weighted by Gasteiger charge is 2.41. The summed E-state index contributed by atoms with van der Waals surface area (Å²) in [6.45, 7) is 0.117. The highest BCUT2D eigenvalue weighted by molar-refractivity contribution is 6.43. The Labute approximate surface area is 129 Å². The van der Waals surface area contributed by atoms with E-state index in [9.17, 15) is 18.0 Å². The number of alkyl halides is 3. The van der Waals surface area contributed by atoms with Gasteiger partial charge in [0.25, 0.3) is 5.91 Å². The lowest BCUT2D eigenvalue weighted by Crippen LogP contribution is -2.42. The number of amides is 1. The molecule has 116 valence electrons. The zero-order chi connectivity index (χ0) is 15.8. The monoisotopic (exact) mass is 340 g/mol. The first kappa shape index (κ1) is 16.2. The molecular weight excluding hydrogens is 328 g/mol. The van der Waals surface area contributed by atoms with Gasteiger partial charge in [0.05, 0.1) is 21.7 Å². The van der Waals surface area contributed by atoms with E-state index in [2.05, 4.69) is 0 Å². The SMILES string of the molecule is Nc1cc(C(=O)N2CCC(C(F)(F)F)CC2)cc(Cl)c1Cl. The van der Waals surface area contributed by atoms with Gasteiger partial charge in [0, 0.05) is 18.7 Å². The molecule has 0 aromatic heterocycles. The second-order valence-corrected chi connectivity index (χ2v) is 5.75. The first-order chi connectivity index (χ1) is 9.70. The van der Waals surface area contributed by atoms with E-state index < -0.39 is 12.1 Å². The molecule has 21 heavy (non-hydrogen) atoms. The number of carbonyl (C=O) groups is 1. The van der Waals surface area contributed by atoms with Crippen molar-refractivity contribution in [3.63, 3.8) is 0 Å². The molecule has 1 amide bonds. The third-order valence-electron chi connectivity index (χ3n) is 3.55. The van der Waals surface area contributed by atoms with E-state index in [1.165, 1.54) is 17.0 Å². The summed E-state index contributed by atoms with van der Waals surface area (Å²) < 4.78 is 37.8. The van der Waals surface area contributed by atoms with Gasteiger partial charge in [0.2, 0.25) is 0 Å². The molecule has 1 heterocycles. The van der Waals surface area contributed by atoms with Crippen LogP contribution in [0.25, 0.3) is 0 Å². The van der Waals surface area contributed by atoms with E-state index in [0.717, 1.165) is 0 Å². The van der Waals surface area contributed by atoms with Crippen LogP contribution >= 0.6 is 23.2 Å². The van der Waals surface area contributed by atoms with Gasteiger partial charge in [-0.05, 0) is 25.0 Å². The largest absolute Gasteiger partial charge is 0.397 e. The number of rotatable bonds is 1. The van der Waals surface area contributed by atoms with Crippen LogP contribution in [0.4, 0.5) is 18.9 Å². The number of halogens is 5. The molecule has 1 saturated heterocycles. The van der Waals surface area contributed by atoms with Crippen LogP contribution in [-0.4, -0.2) is 30.1 Å². The number of nitrogens with two attached hydrogens (primary N) is 1. The highest BCUT2D eigenvalue weighted by atomic mass is 35.5. The zero-order valence-corrected chi connectivity index (χ0v) is 12.4. The van der Waals surface area contributed by atoms with E-state index in [-0.39, 0.29) is 53.1 Å². The fourth-order valence-corrected chi connectivity index (χ4v) is 2.66. The lowest BCUT2D eigenvalue weighted by molar-refractivity contribution is -0.183. The summed E-state index contributed by atoms with van der Waals surface area (Å²) in [6, 6.07) is 2.75. The van der Waals surface area contributed by atoms with Crippen LogP contribution in [0.5, 0.6) is 0 Å². The quantitative estimate of drug-likeness (QED) is 0.785. The normalized spacial score (nSPS) is 17.1. The van der Waals surface area contributed by atoms with Crippen LogP contribution in [0.15, 0.2) is 12.1 Å². The van der Waals surface area contributed by atoms with E-state index in [4.69, 9.17) is 28.9 Å². The molecule has 0 saturated carbocycles. The van der Waals surface area contributed by atoms with Crippen LogP contribution < -0.4 is 5.73 Å². The first-order valence-electron chi connectivity index (χ1n) is 6.30. The number of nitrogen functional groups attached to an aromatic ring is 1. The molecule has 2 N–H and O–H groups in total. The Hall–Kier alpha value is -1.14. The van der Waals surface area contributed by atoms with Crippen molar-refractivity contribution in [1.82, 2.24) is 4.90 Å². The van der Waals surface area contributed by atoms with Gasteiger partial charge in [-0.1, -0.05) is 23.2 Å². The molecule has 2 rings (SSSR count). The molecule has 3 nitrogen and oxygen atoms in total. The molecule has 0 unspecified atom stereocenters. The van der Waals surface area contributed by atoms with Crippen molar-refractivity contribution in [1.29, 1.82) is 0 Å². The van der Waals surface area contributed by atoms with Crippen molar-refractivity contribution in [2.75, 3.05) is 18.8 Å². The van der Waals surface area contributed by atoms with Crippen molar-refractivity contribution < 1.29 is 18.0 Å². The van der Waals surface area contributed by atoms with Crippen molar-refractivity contribution in [2.45, 2.75) is 19.0 Å². The Bertz CT molecular complexity index is 532. The Morgan fingerprint density at radius 2 is 1.81 bits per heavy atom. The number of benzene rings is 1. The van der Waals surface area contributed by atoms with Gasteiger partial charge in [0.15, 0.2) is 0 Å². The maximum absolute atomic E-state index is 12.6. The topological polar surface area (TPSA) is 46.3 Å². The Morgan fingerprint density at radius 3 is 2.29 bits per heavy atom. The van der Waals surface area contributed by atoms with Crippen LogP contribution in [-0.2, 0) is 0 Å². The lowest BCUT2D eigenvalue weighted by Gasteiger charge is -2.33. The van der Waals surface area contributed by atoms with Crippen LogP contribution in [0.3, 0.4) is 0 Å². The summed E-state index contributed by atoms with van der Waals surface area (Å²) in [5.41, 5.74) is 6.03. The Morgan fingerprint density at radius 1 is 1.24 bits per heavy atom.